The van der Waals surface area contributed by atoms with Crippen molar-refractivity contribution in [1.82, 2.24) is 4.90 Å². The molecule has 1 aromatic carbocycles. The van der Waals surface area contributed by atoms with Crippen LogP contribution in [0.2, 0.25) is 0 Å². The maximum atomic E-state index is 12.0. The SMILES string of the molecule is COc1cccc(CC(=O)N(C)C(C)CBr)c1. The number of rotatable bonds is 5. The summed E-state index contributed by atoms with van der Waals surface area (Å²) in [4.78, 5) is 13.7. The number of ether oxygens (including phenoxy) is 1. The van der Waals surface area contributed by atoms with Crippen LogP contribution in [-0.4, -0.2) is 36.3 Å². The predicted octanol–water partition coefficient (Wildman–Crippen LogP) is 2.48. The second kappa shape index (κ2) is 6.64. The van der Waals surface area contributed by atoms with Gasteiger partial charge in [0.25, 0.3) is 0 Å². The van der Waals surface area contributed by atoms with Gasteiger partial charge >= 0.3 is 0 Å². The summed E-state index contributed by atoms with van der Waals surface area (Å²) in [6, 6.07) is 7.80. The van der Waals surface area contributed by atoms with Gasteiger partial charge in [0.2, 0.25) is 5.91 Å². The van der Waals surface area contributed by atoms with Crippen LogP contribution in [0.3, 0.4) is 0 Å². The van der Waals surface area contributed by atoms with Crippen molar-refractivity contribution in [3.05, 3.63) is 29.8 Å². The Morgan fingerprint density at radius 3 is 2.82 bits per heavy atom. The third-order valence-electron chi connectivity index (χ3n) is 2.77. The quantitative estimate of drug-likeness (QED) is 0.782. The molecule has 0 aliphatic heterocycles. The molecule has 1 rings (SSSR count). The zero-order valence-electron chi connectivity index (χ0n) is 10.4. The molecular weight excluding hydrogens is 282 g/mol. The van der Waals surface area contributed by atoms with Crippen molar-refractivity contribution in [2.45, 2.75) is 19.4 Å². The van der Waals surface area contributed by atoms with Gasteiger partial charge in [0.15, 0.2) is 0 Å². The summed E-state index contributed by atoms with van der Waals surface area (Å²) in [5.41, 5.74) is 0.975. The Kier molecular flexibility index (Phi) is 5.48. The maximum absolute atomic E-state index is 12.0. The van der Waals surface area contributed by atoms with Gasteiger partial charge in [-0.3, -0.25) is 4.79 Å². The minimum atomic E-state index is 0.116. The molecule has 0 saturated heterocycles. The number of alkyl halides is 1. The Balaban J connectivity index is 2.67. The number of halogens is 1. The monoisotopic (exact) mass is 299 g/mol. The molecule has 94 valence electrons. The number of nitrogens with zero attached hydrogens (tertiary/aromatic N) is 1. The number of carbonyl (C=O) groups excluding carboxylic acids is 1. The zero-order chi connectivity index (χ0) is 12.8. The summed E-state index contributed by atoms with van der Waals surface area (Å²) in [7, 11) is 3.45. The van der Waals surface area contributed by atoms with E-state index in [4.69, 9.17) is 4.74 Å². The van der Waals surface area contributed by atoms with E-state index in [0.717, 1.165) is 16.6 Å². The molecular formula is C13H18BrNO2. The van der Waals surface area contributed by atoms with E-state index >= 15 is 0 Å². The van der Waals surface area contributed by atoms with E-state index in [9.17, 15) is 4.79 Å². The molecule has 1 unspecified atom stereocenters. The molecule has 0 aromatic heterocycles. The molecule has 1 atom stereocenters. The summed E-state index contributed by atoms with van der Waals surface area (Å²) in [5.74, 6) is 0.900. The number of likely N-dealkylation sites (N-methyl/N-ethyl adjacent to an activating group) is 1. The Hall–Kier alpha value is -1.03. The molecule has 0 saturated carbocycles. The molecule has 1 aromatic rings. The lowest BCUT2D eigenvalue weighted by molar-refractivity contribution is -0.130. The maximum Gasteiger partial charge on any atom is 0.227 e. The van der Waals surface area contributed by atoms with Crippen molar-refractivity contribution in [3.63, 3.8) is 0 Å². The minimum absolute atomic E-state index is 0.116. The van der Waals surface area contributed by atoms with Crippen molar-refractivity contribution in [2.75, 3.05) is 19.5 Å². The first-order chi connectivity index (χ1) is 8.08. The molecule has 3 nitrogen and oxygen atoms in total. The highest BCUT2D eigenvalue weighted by Crippen LogP contribution is 2.14. The highest BCUT2D eigenvalue weighted by molar-refractivity contribution is 9.09. The molecule has 0 radical (unpaired) electrons. The average molecular weight is 300 g/mol. The lowest BCUT2D eigenvalue weighted by atomic mass is 10.1. The summed E-state index contributed by atoms with van der Waals surface area (Å²) in [5, 5.41) is 0.785. The van der Waals surface area contributed by atoms with Crippen molar-refractivity contribution in [2.24, 2.45) is 0 Å². The summed E-state index contributed by atoms with van der Waals surface area (Å²) >= 11 is 3.38. The van der Waals surface area contributed by atoms with Gasteiger partial charge in [0, 0.05) is 18.4 Å². The van der Waals surface area contributed by atoms with E-state index in [2.05, 4.69) is 15.9 Å². The Labute approximate surface area is 111 Å². The highest BCUT2D eigenvalue weighted by Gasteiger charge is 2.14. The van der Waals surface area contributed by atoms with E-state index in [0.29, 0.717) is 6.42 Å². The van der Waals surface area contributed by atoms with Crippen molar-refractivity contribution in [3.8, 4) is 5.75 Å². The van der Waals surface area contributed by atoms with E-state index in [1.807, 2.05) is 38.2 Å². The van der Waals surface area contributed by atoms with Crippen molar-refractivity contribution in [1.29, 1.82) is 0 Å². The number of benzene rings is 1. The van der Waals surface area contributed by atoms with E-state index in [-0.39, 0.29) is 11.9 Å². The van der Waals surface area contributed by atoms with Crippen LogP contribution < -0.4 is 4.74 Å². The number of methoxy groups -OCH3 is 1. The fraction of sp³-hybridized carbons (Fsp3) is 0.462. The van der Waals surface area contributed by atoms with Crippen LogP contribution >= 0.6 is 15.9 Å². The predicted molar refractivity (Wildman–Crippen MR) is 72.7 cm³/mol. The van der Waals surface area contributed by atoms with Crippen LogP contribution in [0.1, 0.15) is 12.5 Å². The van der Waals surface area contributed by atoms with Crippen LogP contribution in [0.4, 0.5) is 0 Å². The fourth-order valence-electron chi connectivity index (χ4n) is 1.43. The van der Waals surface area contributed by atoms with Crippen LogP contribution in [0, 0.1) is 0 Å². The van der Waals surface area contributed by atoms with Crippen molar-refractivity contribution >= 4 is 21.8 Å². The molecule has 0 aliphatic rings. The zero-order valence-corrected chi connectivity index (χ0v) is 12.0. The number of hydrogen-bond donors (Lipinski definition) is 0. The minimum Gasteiger partial charge on any atom is -0.497 e. The molecule has 0 spiro atoms. The smallest absolute Gasteiger partial charge is 0.227 e. The number of carbonyl (C=O) groups is 1. The van der Waals surface area contributed by atoms with Gasteiger partial charge in [0.1, 0.15) is 5.75 Å². The van der Waals surface area contributed by atoms with Gasteiger partial charge in [-0.25, -0.2) is 0 Å². The fourth-order valence-corrected chi connectivity index (χ4v) is 1.87. The Morgan fingerprint density at radius 1 is 1.53 bits per heavy atom. The van der Waals surface area contributed by atoms with Crippen LogP contribution in [0.5, 0.6) is 5.75 Å². The Bertz CT molecular complexity index is 381. The largest absolute Gasteiger partial charge is 0.497 e. The van der Waals surface area contributed by atoms with Crippen LogP contribution in [0.15, 0.2) is 24.3 Å². The van der Waals surface area contributed by atoms with Gasteiger partial charge in [-0.05, 0) is 24.6 Å². The summed E-state index contributed by atoms with van der Waals surface area (Å²) in [6.07, 6.45) is 0.408. The second-order valence-corrected chi connectivity index (χ2v) is 4.68. The number of hydrogen-bond acceptors (Lipinski definition) is 2. The van der Waals surface area contributed by atoms with Gasteiger partial charge in [-0.15, -0.1) is 0 Å². The lowest BCUT2D eigenvalue weighted by Crippen LogP contribution is -2.37. The highest BCUT2D eigenvalue weighted by atomic mass is 79.9. The molecule has 4 heteroatoms. The summed E-state index contributed by atoms with van der Waals surface area (Å²) in [6.45, 7) is 2.01. The van der Waals surface area contributed by atoms with E-state index in [1.165, 1.54) is 0 Å². The lowest BCUT2D eigenvalue weighted by Gasteiger charge is -2.23. The number of amides is 1. The normalized spacial score (nSPS) is 12.0. The van der Waals surface area contributed by atoms with Crippen LogP contribution in [-0.2, 0) is 11.2 Å². The van der Waals surface area contributed by atoms with Gasteiger partial charge < -0.3 is 9.64 Å². The van der Waals surface area contributed by atoms with Gasteiger partial charge in [-0.2, -0.15) is 0 Å². The van der Waals surface area contributed by atoms with Crippen LogP contribution in [0.25, 0.3) is 0 Å². The molecule has 0 aliphatic carbocycles. The average Bonchev–Trinajstić information content (AvgIpc) is 2.37. The summed E-state index contributed by atoms with van der Waals surface area (Å²) < 4.78 is 5.13. The second-order valence-electron chi connectivity index (χ2n) is 4.04. The Morgan fingerprint density at radius 2 is 2.24 bits per heavy atom. The molecule has 0 N–H and O–H groups in total. The first-order valence-corrected chi connectivity index (χ1v) is 6.65. The van der Waals surface area contributed by atoms with Gasteiger partial charge in [0.05, 0.1) is 13.5 Å². The standard InChI is InChI=1S/C13H18BrNO2/c1-10(9-14)15(2)13(16)8-11-5-4-6-12(7-11)17-3/h4-7,10H,8-9H2,1-3H3. The van der Waals surface area contributed by atoms with E-state index in [1.54, 1.807) is 12.0 Å². The van der Waals surface area contributed by atoms with E-state index < -0.39 is 0 Å². The first-order valence-electron chi connectivity index (χ1n) is 5.53. The molecule has 0 fully saturated rings. The first kappa shape index (κ1) is 14.0. The topological polar surface area (TPSA) is 29.5 Å². The molecule has 0 bridgehead atoms. The van der Waals surface area contributed by atoms with Crippen molar-refractivity contribution < 1.29 is 9.53 Å². The third-order valence-corrected chi connectivity index (χ3v) is 3.70. The molecule has 1 amide bonds. The molecule has 0 heterocycles. The molecule has 17 heavy (non-hydrogen) atoms. The van der Waals surface area contributed by atoms with Gasteiger partial charge in [-0.1, -0.05) is 28.1 Å². The third kappa shape index (κ3) is 4.04.